The lowest BCUT2D eigenvalue weighted by Gasteiger charge is -2.42. The molecule has 30 heavy (non-hydrogen) atoms. The third-order valence-electron chi connectivity index (χ3n) is 5.30. The Labute approximate surface area is 183 Å². The van der Waals surface area contributed by atoms with E-state index in [1.807, 2.05) is 23.7 Å². The molecule has 0 aliphatic carbocycles. The number of hydrogen-bond donors (Lipinski definition) is 1. The van der Waals surface area contributed by atoms with E-state index >= 15 is 0 Å². The van der Waals surface area contributed by atoms with Gasteiger partial charge in [0.2, 0.25) is 5.91 Å². The van der Waals surface area contributed by atoms with Gasteiger partial charge in [-0.25, -0.2) is 0 Å². The van der Waals surface area contributed by atoms with Crippen molar-refractivity contribution in [2.24, 2.45) is 5.73 Å². The minimum Gasteiger partial charge on any atom is -0.490 e. The molecule has 1 amide bonds. The quantitative estimate of drug-likeness (QED) is 0.621. The van der Waals surface area contributed by atoms with Crippen molar-refractivity contribution in [3.8, 4) is 5.75 Å². The van der Waals surface area contributed by atoms with Gasteiger partial charge in [-0.3, -0.25) is 14.4 Å². The number of amides is 1. The third-order valence-corrected chi connectivity index (χ3v) is 5.54. The van der Waals surface area contributed by atoms with Gasteiger partial charge in [0.05, 0.1) is 18.7 Å². The number of benzene rings is 1. The fraction of sp³-hybridized carbons (Fsp3) is 0.545. The fourth-order valence-electron chi connectivity index (χ4n) is 3.78. The summed E-state index contributed by atoms with van der Waals surface area (Å²) in [7, 11) is 0. The molecule has 0 spiro atoms. The van der Waals surface area contributed by atoms with Crippen LogP contribution in [0.5, 0.6) is 5.75 Å². The molecule has 1 aliphatic heterocycles. The van der Waals surface area contributed by atoms with Crippen LogP contribution in [0.3, 0.4) is 0 Å². The van der Waals surface area contributed by atoms with E-state index in [4.69, 9.17) is 26.8 Å². The highest BCUT2D eigenvalue weighted by atomic mass is 35.5. The van der Waals surface area contributed by atoms with Crippen LogP contribution in [0.2, 0.25) is 5.02 Å². The average molecular weight is 435 g/mol. The number of carbonyl (C=O) groups is 1. The molecule has 1 aliphatic rings. The van der Waals surface area contributed by atoms with Crippen molar-refractivity contribution >= 4 is 17.5 Å². The van der Waals surface area contributed by atoms with Crippen molar-refractivity contribution in [3.05, 3.63) is 46.7 Å². The Bertz CT molecular complexity index is 857. The molecule has 0 radical (unpaired) electrons. The van der Waals surface area contributed by atoms with Crippen LogP contribution in [-0.2, 0) is 22.6 Å². The Morgan fingerprint density at radius 2 is 2.27 bits per heavy atom. The lowest BCUT2D eigenvalue weighted by Crippen LogP contribution is -2.56. The molecule has 2 heterocycles. The van der Waals surface area contributed by atoms with Crippen LogP contribution in [0.15, 0.2) is 30.5 Å². The molecular weight excluding hydrogens is 404 g/mol. The molecule has 1 fully saturated rings. The maximum absolute atomic E-state index is 11.8. The van der Waals surface area contributed by atoms with Crippen LogP contribution in [0.1, 0.15) is 37.4 Å². The molecule has 3 rings (SSSR count). The van der Waals surface area contributed by atoms with Gasteiger partial charge in [-0.15, -0.1) is 0 Å². The third kappa shape index (κ3) is 6.20. The molecule has 1 aromatic carbocycles. The molecule has 2 aromatic rings. The van der Waals surface area contributed by atoms with Crippen molar-refractivity contribution in [1.82, 2.24) is 14.7 Å². The first-order valence-electron chi connectivity index (χ1n) is 10.4. The van der Waals surface area contributed by atoms with Gasteiger partial charge in [-0.05, 0) is 31.5 Å². The number of primary amides is 1. The van der Waals surface area contributed by atoms with Crippen LogP contribution in [0.25, 0.3) is 0 Å². The van der Waals surface area contributed by atoms with Crippen molar-refractivity contribution in [3.63, 3.8) is 0 Å². The van der Waals surface area contributed by atoms with Crippen LogP contribution in [-0.4, -0.2) is 52.5 Å². The minimum atomic E-state index is -0.793. The molecule has 164 valence electrons. The van der Waals surface area contributed by atoms with Crippen molar-refractivity contribution in [1.29, 1.82) is 0 Å². The second-order valence-corrected chi connectivity index (χ2v) is 8.42. The standard InChI is InChI=1S/C22H31ClN4O3/c1-3-4-8-27-14-18(17(2)25-27)13-26-9-10-30-22(15-26,12-21(24)28)16-29-20-7-5-6-19(23)11-20/h5-7,11,14H,3-4,8-10,12-13,15-16H2,1-2H3,(H2,24,28). The molecule has 1 atom stereocenters. The fourth-order valence-corrected chi connectivity index (χ4v) is 3.96. The highest BCUT2D eigenvalue weighted by Crippen LogP contribution is 2.26. The van der Waals surface area contributed by atoms with Crippen molar-refractivity contribution in [2.75, 3.05) is 26.3 Å². The zero-order valence-corrected chi connectivity index (χ0v) is 18.5. The zero-order chi connectivity index (χ0) is 21.6. The van der Waals surface area contributed by atoms with Gasteiger partial charge in [0, 0.05) is 43.0 Å². The van der Waals surface area contributed by atoms with E-state index in [0.29, 0.717) is 23.9 Å². The van der Waals surface area contributed by atoms with Crippen LogP contribution in [0, 0.1) is 6.92 Å². The van der Waals surface area contributed by atoms with Gasteiger partial charge in [0.25, 0.3) is 0 Å². The number of aryl methyl sites for hydroxylation is 2. The zero-order valence-electron chi connectivity index (χ0n) is 17.8. The van der Waals surface area contributed by atoms with Crippen molar-refractivity contribution in [2.45, 2.75) is 51.8 Å². The predicted octanol–water partition coefficient (Wildman–Crippen LogP) is 3.17. The SMILES string of the molecule is CCCCn1cc(CN2CCOC(COc3cccc(Cl)c3)(CC(N)=O)C2)c(C)n1. The van der Waals surface area contributed by atoms with E-state index < -0.39 is 11.5 Å². The highest BCUT2D eigenvalue weighted by molar-refractivity contribution is 6.30. The van der Waals surface area contributed by atoms with E-state index in [1.54, 1.807) is 12.1 Å². The molecule has 2 N–H and O–H groups in total. The number of carbonyl (C=O) groups excluding carboxylic acids is 1. The number of morpholine rings is 1. The summed E-state index contributed by atoms with van der Waals surface area (Å²) in [5.74, 6) is 0.232. The Kier molecular flexibility index (Phi) is 7.75. The topological polar surface area (TPSA) is 82.6 Å². The number of halogens is 1. The van der Waals surface area contributed by atoms with E-state index in [1.165, 1.54) is 5.56 Å². The molecular formula is C22H31ClN4O3. The lowest BCUT2D eigenvalue weighted by molar-refractivity contribution is -0.148. The Morgan fingerprint density at radius 3 is 3.00 bits per heavy atom. The number of unbranched alkanes of at least 4 members (excludes halogenated alkanes) is 1. The molecule has 1 aromatic heterocycles. The second kappa shape index (κ2) is 10.3. The van der Waals surface area contributed by atoms with E-state index in [9.17, 15) is 4.79 Å². The van der Waals surface area contributed by atoms with Gasteiger partial charge < -0.3 is 15.2 Å². The second-order valence-electron chi connectivity index (χ2n) is 7.99. The number of nitrogens with two attached hydrogens (primary N) is 1. The minimum absolute atomic E-state index is 0.0960. The molecule has 0 saturated carbocycles. The number of hydrogen-bond acceptors (Lipinski definition) is 5. The molecule has 1 unspecified atom stereocenters. The van der Waals surface area contributed by atoms with Gasteiger partial charge in [0.15, 0.2) is 0 Å². The first-order valence-corrected chi connectivity index (χ1v) is 10.8. The summed E-state index contributed by atoms with van der Waals surface area (Å²) in [6.45, 7) is 7.95. The summed E-state index contributed by atoms with van der Waals surface area (Å²) in [4.78, 5) is 14.1. The largest absolute Gasteiger partial charge is 0.490 e. The lowest BCUT2D eigenvalue weighted by atomic mass is 9.97. The first-order chi connectivity index (χ1) is 14.4. The summed E-state index contributed by atoms with van der Waals surface area (Å²) in [5.41, 5.74) is 6.98. The maximum Gasteiger partial charge on any atom is 0.220 e. The van der Waals surface area contributed by atoms with Gasteiger partial charge >= 0.3 is 0 Å². The van der Waals surface area contributed by atoms with Gasteiger partial charge in [0.1, 0.15) is 18.0 Å². The number of aromatic nitrogens is 2. The number of nitrogens with zero attached hydrogens (tertiary/aromatic N) is 3. The van der Waals surface area contributed by atoms with Gasteiger partial charge in [-0.2, -0.15) is 5.10 Å². The first kappa shape index (κ1) is 22.6. The summed E-state index contributed by atoms with van der Waals surface area (Å²) >= 11 is 6.05. The molecule has 0 bridgehead atoms. The van der Waals surface area contributed by atoms with Crippen molar-refractivity contribution < 1.29 is 14.3 Å². The summed E-state index contributed by atoms with van der Waals surface area (Å²) < 4.78 is 14.0. The summed E-state index contributed by atoms with van der Waals surface area (Å²) in [6.07, 6.45) is 4.47. The Hall–Kier alpha value is -2.09. The van der Waals surface area contributed by atoms with Crippen LogP contribution in [0.4, 0.5) is 0 Å². The maximum atomic E-state index is 11.8. The number of rotatable bonds is 10. The van der Waals surface area contributed by atoms with Gasteiger partial charge in [-0.1, -0.05) is 31.0 Å². The monoisotopic (exact) mass is 434 g/mol. The van der Waals surface area contributed by atoms with E-state index in [2.05, 4.69) is 23.1 Å². The van der Waals surface area contributed by atoms with Crippen LogP contribution >= 0.6 is 11.6 Å². The normalized spacial score (nSPS) is 19.7. The molecule has 8 heteroatoms. The highest BCUT2D eigenvalue weighted by Gasteiger charge is 2.39. The average Bonchev–Trinajstić information content (AvgIpc) is 3.04. The van der Waals surface area contributed by atoms with E-state index in [-0.39, 0.29) is 13.0 Å². The van der Waals surface area contributed by atoms with Crippen LogP contribution < -0.4 is 10.5 Å². The van der Waals surface area contributed by atoms with E-state index in [0.717, 1.165) is 38.2 Å². The molecule has 1 saturated heterocycles. The Balaban J connectivity index is 1.69. The smallest absolute Gasteiger partial charge is 0.220 e. The molecule has 7 nitrogen and oxygen atoms in total. The Morgan fingerprint density at radius 1 is 1.43 bits per heavy atom. The summed E-state index contributed by atoms with van der Waals surface area (Å²) in [5, 5.41) is 5.23. The predicted molar refractivity (Wildman–Crippen MR) is 117 cm³/mol. The summed E-state index contributed by atoms with van der Waals surface area (Å²) in [6, 6.07) is 7.19. The number of ether oxygens (including phenoxy) is 2.